The predicted octanol–water partition coefficient (Wildman–Crippen LogP) is 0.918. The number of nitrogens with zero attached hydrogens (tertiary/aromatic N) is 3. The zero-order valence-electron chi connectivity index (χ0n) is 9.76. The lowest BCUT2D eigenvalue weighted by atomic mass is 10.3. The monoisotopic (exact) mass is 222 g/mol. The first-order valence-electron chi connectivity index (χ1n) is 5.73. The second kappa shape index (κ2) is 4.25. The van der Waals surface area contributed by atoms with Gasteiger partial charge in [-0.1, -0.05) is 6.92 Å². The summed E-state index contributed by atoms with van der Waals surface area (Å²) in [5.74, 6) is 0.963. The van der Waals surface area contributed by atoms with E-state index < -0.39 is 0 Å². The molecule has 1 fully saturated rings. The Bertz CT molecular complexity index is 387. The maximum absolute atomic E-state index is 11.8. The van der Waals surface area contributed by atoms with Crippen LogP contribution in [0.15, 0.2) is 12.3 Å². The fraction of sp³-hybridized carbons (Fsp3) is 0.636. The topological polar surface area (TPSA) is 64.2 Å². The van der Waals surface area contributed by atoms with E-state index in [1.165, 1.54) is 0 Å². The highest BCUT2D eigenvalue weighted by molar-refractivity contribution is 5.95. The first-order valence-corrected chi connectivity index (χ1v) is 5.73. The Balaban J connectivity index is 2.27. The number of aromatic nitrogens is 2. The Kier molecular flexibility index (Phi) is 2.96. The molecule has 1 aromatic heterocycles. The van der Waals surface area contributed by atoms with Crippen molar-refractivity contribution in [2.45, 2.75) is 38.8 Å². The van der Waals surface area contributed by atoms with Crippen LogP contribution < -0.4 is 10.6 Å². The van der Waals surface area contributed by atoms with E-state index in [0.29, 0.717) is 19.0 Å². The van der Waals surface area contributed by atoms with Crippen molar-refractivity contribution in [2.24, 2.45) is 5.73 Å². The van der Waals surface area contributed by atoms with Gasteiger partial charge in [0.05, 0.1) is 12.2 Å². The van der Waals surface area contributed by atoms with E-state index in [0.717, 1.165) is 12.2 Å². The summed E-state index contributed by atoms with van der Waals surface area (Å²) in [6, 6.07) is 2.13. The van der Waals surface area contributed by atoms with E-state index in [-0.39, 0.29) is 11.9 Å². The van der Waals surface area contributed by atoms with Crippen LogP contribution in [0.3, 0.4) is 0 Å². The average molecular weight is 222 g/mol. The molecule has 88 valence electrons. The van der Waals surface area contributed by atoms with Crippen LogP contribution >= 0.6 is 0 Å². The van der Waals surface area contributed by atoms with E-state index in [9.17, 15) is 4.79 Å². The SMILES string of the molecule is CCC(C)n1nccc1N1CC(N)CC1=O. The highest BCUT2D eigenvalue weighted by Crippen LogP contribution is 2.24. The third-order valence-electron chi connectivity index (χ3n) is 3.09. The number of hydrogen-bond acceptors (Lipinski definition) is 3. The number of amides is 1. The maximum atomic E-state index is 11.8. The normalized spacial score (nSPS) is 22.8. The largest absolute Gasteiger partial charge is 0.326 e. The molecule has 0 aliphatic carbocycles. The molecule has 1 aliphatic heterocycles. The lowest BCUT2D eigenvalue weighted by Gasteiger charge is -2.20. The van der Waals surface area contributed by atoms with Crippen LogP contribution in [0.25, 0.3) is 0 Å². The zero-order valence-corrected chi connectivity index (χ0v) is 9.76. The highest BCUT2D eigenvalue weighted by atomic mass is 16.2. The molecule has 5 nitrogen and oxygen atoms in total. The van der Waals surface area contributed by atoms with E-state index in [2.05, 4.69) is 18.9 Å². The van der Waals surface area contributed by atoms with Crippen molar-refractivity contribution in [3.05, 3.63) is 12.3 Å². The molecular weight excluding hydrogens is 204 g/mol. The molecule has 1 saturated heterocycles. The summed E-state index contributed by atoms with van der Waals surface area (Å²) in [4.78, 5) is 13.5. The molecule has 0 bridgehead atoms. The fourth-order valence-electron chi connectivity index (χ4n) is 1.99. The second-order valence-electron chi connectivity index (χ2n) is 4.36. The molecule has 0 radical (unpaired) electrons. The third kappa shape index (κ3) is 1.82. The molecule has 5 heteroatoms. The second-order valence-corrected chi connectivity index (χ2v) is 4.36. The van der Waals surface area contributed by atoms with Crippen molar-refractivity contribution in [1.82, 2.24) is 9.78 Å². The van der Waals surface area contributed by atoms with Crippen LogP contribution in [0.4, 0.5) is 5.82 Å². The van der Waals surface area contributed by atoms with Crippen molar-refractivity contribution in [1.29, 1.82) is 0 Å². The molecule has 1 amide bonds. The van der Waals surface area contributed by atoms with Crippen LogP contribution in [0.2, 0.25) is 0 Å². The van der Waals surface area contributed by atoms with Crippen LogP contribution in [-0.4, -0.2) is 28.3 Å². The first-order chi connectivity index (χ1) is 7.63. The van der Waals surface area contributed by atoms with Crippen molar-refractivity contribution < 1.29 is 4.79 Å². The molecule has 16 heavy (non-hydrogen) atoms. The van der Waals surface area contributed by atoms with Gasteiger partial charge < -0.3 is 5.73 Å². The van der Waals surface area contributed by atoms with Gasteiger partial charge in [0.1, 0.15) is 5.82 Å². The number of carbonyl (C=O) groups is 1. The smallest absolute Gasteiger partial charge is 0.229 e. The van der Waals surface area contributed by atoms with Gasteiger partial charge in [-0.2, -0.15) is 5.10 Å². The minimum atomic E-state index is -0.0483. The zero-order chi connectivity index (χ0) is 11.7. The first kappa shape index (κ1) is 11.1. The molecule has 0 saturated carbocycles. The molecule has 0 spiro atoms. The van der Waals surface area contributed by atoms with Crippen molar-refractivity contribution in [2.75, 3.05) is 11.4 Å². The summed E-state index contributed by atoms with van der Waals surface area (Å²) in [5, 5.41) is 4.27. The number of anilines is 1. The van der Waals surface area contributed by atoms with Crippen molar-refractivity contribution in [3.8, 4) is 0 Å². The molecule has 1 aliphatic rings. The molecule has 2 atom stereocenters. The average Bonchev–Trinajstić information content (AvgIpc) is 2.83. The van der Waals surface area contributed by atoms with Gasteiger partial charge in [0.2, 0.25) is 5.91 Å². The van der Waals surface area contributed by atoms with Gasteiger partial charge in [-0.3, -0.25) is 9.69 Å². The van der Waals surface area contributed by atoms with Crippen molar-refractivity contribution >= 4 is 11.7 Å². The standard InChI is InChI=1S/C11H18N4O/c1-3-8(2)15-10(4-5-13-15)14-7-9(12)6-11(14)16/h4-5,8-9H,3,6-7,12H2,1-2H3. The van der Waals surface area contributed by atoms with E-state index in [1.807, 2.05) is 10.7 Å². The van der Waals surface area contributed by atoms with Gasteiger partial charge in [-0.05, 0) is 13.3 Å². The molecular formula is C11H18N4O. The molecule has 2 N–H and O–H groups in total. The Morgan fingerprint density at radius 3 is 3.00 bits per heavy atom. The Labute approximate surface area is 95.2 Å². The lowest BCUT2D eigenvalue weighted by molar-refractivity contribution is -0.117. The number of carbonyl (C=O) groups excluding carboxylic acids is 1. The van der Waals surface area contributed by atoms with Crippen LogP contribution in [-0.2, 0) is 4.79 Å². The van der Waals surface area contributed by atoms with Crippen LogP contribution in [0.1, 0.15) is 32.7 Å². The lowest BCUT2D eigenvalue weighted by Crippen LogP contribution is -2.30. The summed E-state index contributed by atoms with van der Waals surface area (Å²) in [6.45, 7) is 4.80. The minimum absolute atomic E-state index is 0.0483. The maximum Gasteiger partial charge on any atom is 0.229 e. The van der Waals surface area contributed by atoms with E-state index >= 15 is 0 Å². The Morgan fingerprint density at radius 1 is 1.69 bits per heavy atom. The molecule has 2 unspecified atom stereocenters. The van der Waals surface area contributed by atoms with Gasteiger partial charge in [0.15, 0.2) is 0 Å². The van der Waals surface area contributed by atoms with Crippen LogP contribution in [0, 0.1) is 0 Å². The third-order valence-corrected chi connectivity index (χ3v) is 3.09. The van der Waals surface area contributed by atoms with Gasteiger partial charge in [0.25, 0.3) is 0 Å². The summed E-state index contributed by atoms with van der Waals surface area (Å²) < 4.78 is 1.90. The number of hydrogen-bond donors (Lipinski definition) is 1. The van der Waals surface area contributed by atoms with E-state index in [1.54, 1.807) is 11.1 Å². The minimum Gasteiger partial charge on any atom is -0.326 e. The van der Waals surface area contributed by atoms with Gasteiger partial charge in [0, 0.05) is 25.1 Å². The van der Waals surface area contributed by atoms with Gasteiger partial charge >= 0.3 is 0 Å². The van der Waals surface area contributed by atoms with Gasteiger partial charge in [-0.15, -0.1) is 0 Å². The summed E-state index contributed by atoms with van der Waals surface area (Å²) >= 11 is 0. The summed E-state index contributed by atoms with van der Waals surface area (Å²) in [5.41, 5.74) is 5.79. The highest BCUT2D eigenvalue weighted by Gasteiger charge is 2.30. The Morgan fingerprint density at radius 2 is 2.44 bits per heavy atom. The van der Waals surface area contributed by atoms with E-state index in [4.69, 9.17) is 5.73 Å². The Hall–Kier alpha value is -1.36. The molecule has 2 rings (SSSR count). The van der Waals surface area contributed by atoms with Crippen LogP contribution in [0.5, 0.6) is 0 Å². The van der Waals surface area contributed by atoms with Gasteiger partial charge in [-0.25, -0.2) is 4.68 Å². The predicted molar refractivity (Wildman–Crippen MR) is 62.2 cm³/mol. The number of rotatable bonds is 3. The number of nitrogens with two attached hydrogens (primary N) is 1. The van der Waals surface area contributed by atoms with Crippen molar-refractivity contribution in [3.63, 3.8) is 0 Å². The quantitative estimate of drug-likeness (QED) is 0.827. The fourth-order valence-corrected chi connectivity index (χ4v) is 1.99. The summed E-state index contributed by atoms with van der Waals surface area (Å²) in [7, 11) is 0. The summed E-state index contributed by atoms with van der Waals surface area (Å²) in [6.07, 6.45) is 3.16. The molecule has 2 heterocycles. The molecule has 1 aromatic rings. The molecule has 0 aromatic carbocycles.